The Kier molecular flexibility index (Phi) is 4.97. The van der Waals surface area contributed by atoms with E-state index in [1.807, 2.05) is 60.0 Å². The van der Waals surface area contributed by atoms with Gasteiger partial charge in [0.05, 0.1) is 46.2 Å². The number of thiophene rings is 1. The van der Waals surface area contributed by atoms with Gasteiger partial charge in [-0.1, -0.05) is 24.3 Å². The number of nitrogens with one attached hydrogen (secondary N) is 1. The zero-order valence-corrected chi connectivity index (χ0v) is 18.3. The number of hydrogen-bond acceptors (Lipinski definition) is 8. The fraction of sp³-hybridized carbons (Fsp3) is 0.167. The van der Waals surface area contributed by atoms with Crippen LogP contribution in [0.25, 0.3) is 32.5 Å². The largest absolute Gasteiger partial charge is 0.378 e. The number of ether oxygens (including phenoxy) is 1. The highest BCUT2D eigenvalue weighted by Crippen LogP contribution is 2.32. The molecule has 0 aliphatic carbocycles. The Balaban J connectivity index is 1.39. The number of fused-ring (bicyclic) bond motifs is 2. The van der Waals surface area contributed by atoms with Crippen molar-refractivity contribution < 1.29 is 14.2 Å². The third kappa shape index (κ3) is 3.61. The third-order valence-corrected chi connectivity index (χ3v) is 6.62. The fourth-order valence-electron chi connectivity index (χ4n) is 4.12. The van der Waals surface area contributed by atoms with Gasteiger partial charge in [0.2, 0.25) is 0 Å². The second kappa shape index (κ2) is 8.27. The van der Waals surface area contributed by atoms with Crippen LogP contribution in [0.5, 0.6) is 0 Å². The topological polar surface area (TPSA) is 93.4 Å². The molecule has 0 radical (unpaired) electrons. The summed E-state index contributed by atoms with van der Waals surface area (Å²) in [5, 5.41) is 14.0. The van der Waals surface area contributed by atoms with Crippen molar-refractivity contribution in [3.05, 3.63) is 65.5 Å². The summed E-state index contributed by atoms with van der Waals surface area (Å²) in [6.45, 7) is 2.85. The smallest absolute Gasteiger partial charge is 0.256 e. The summed E-state index contributed by atoms with van der Waals surface area (Å²) in [6.07, 6.45) is 0. The van der Waals surface area contributed by atoms with Gasteiger partial charge in [0.1, 0.15) is 0 Å². The van der Waals surface area contributed by atoms with Crippen molar-refractivity contribution in [3.63, 3.8) is 0 Å². The number of pyridine rings is 1. The van der Waals surface area contributed by atoms with Crippen LogP contribution in [0.4, 0.5) is 11.4 Å². The van der Waals surface area contributed by atoms with Crippen LogP contribution in [0.2, 0.25) is 0 Å². The van der Waals surface area contributed by atoms with Crippen molar-refractivity contribution in [1.82, 2.24) is 15.3 Å². The van der Waals surface area contributed by atoms with E-state index >= 15 is 0 Å². The molecule has 1 amide bonds. The van der Waals surface area contributed by atoms with Gasteiger partial charge in [-0.3, -0.25) is 4.79 Å². The molecule has 1 fully saturated rings. The first-order valence-corrected chi connectivity index (χ1v) is 11.5. The summed E-state index contributed by atoms with van der Waals surface area (Å²) >= 11 is 1.59. The Morgan fingerprint density at radius 1 is 1.00 bits per heavy atom. The monoisotopic (exact) mass is 457 g/mol. The molecule has 1 aliphatic heterocycles. The molecule has 8 nitrogen and oxygen atoms in total. The molecule has 2 aromatic carbocycles. The summed E-state index contributed by atoms with van der Waals surface area (Å²) in [6, 6.07) is 17.2. The number of nitrogens with zero attached hydrogens (tertiary/aromatic N) is 4. The van der Waals surface area contributed by atoms with Gasteiger partial charge in [-0.25, -0.2) is 9.61 Å². The Bertz CT molecular complexity index is 1460. The Hall–Kier alpha value is -3.82. The molecule has 1 aliphatic rings. The number of anilines is 2. The van der Waals surface area contributed by atoms with Gasteiger partial charge < -0.3 is 15.0 Å². The maximum Gasteiger partial charge on any atom is 0.256 e. The van der Waals surface area contributed by atoms with Crippen LogP contribution < -0.4 is 10.2 Å². The van der Waals surface area contributed by atoms with Gasteiger partial charge in [0.25, 0.3) is 5.91 Å². The number of morpholine rings is 1. The van der Waals surface area contributed by atoms with Crippen molar-refractivity contribution in [1.29, 1.82) is 0 Å². The van der Waals surface area contributed by atoms with Crippen LogP contribution in [-0.2, 0) is 4.74 Å². The van der Waals surface area contributed by atoms with Crippen molar-refractivity contribution in [2.24, 2.45) is 0 Å². The van der Waals surface area contributed by atoms with Crippen molar-refractivity contribution in [3.8, 4) is 10.6 Å². The zero-order valence-electron chi connectivity index (χ0n) is 17.5. The maximum atomic E-state index is 13.5. The molecule has 4 heterocycles. The minimum absolute atomic E-state index is 0.241. The Morgan fingerprint density at radius 2 is 1.85 bits per heavy atom. The van der Waals surface area contributed by atoms with E-state index in [0.717, 1.165) is 40.3 Å². The molecule has 5 aromatic rings. The molecular formula is C24H19N5O3S. The molecule has 0 atom stereocenters. The molecular weight excluding hydrogens is 438 g/mol. The lowest BCUT2D eigenvalue weighted by Gasteiger charge is -2.28. The Morgan fingerprint density at radius 3 is 2.70 bits per heavy atom. The second-order valence-electron chi connectivity index (χ2n) is 7.70. The number of para-hydroxylation sites is 1. The van der Waals surface area contributed by atoms with Gasteiger partial charge in [0.15, 0.2) is 11.0 Å². The van der Waals surface area contributed by atoms with E-state index in [1.54, 1.807) is 11.3 Å². The molecule has 33 heavy (non-hydrogen) atoms. The van der Waals surface area contributed by atoms with Crippen molar-refractivity contribution in [2.45, 2.75) is 0 Å². The minimum Gasteiger partial charge on any atom is -0.378 e. The van der Waals surface area contributed by atoms with Crippen LogP contribution in [0.1, 0.15) is 10.4 Å². The molecule has 9 heteroatoms. The fourth-order valence-corrected chi connectivity index (χ4v) is 4.80. The molecule has 0 spiro atoms. The third-order valence-electron chi connectivity index (χ3n) is 5.73. The summed E-state index contributed by atoms with van der Waals surface area (Å²) in [7, 11) is 0. The molecule has 6 rings (SSSR count). The minimum atomic E-state index is -0.241. The molecule has 3 aromatic heterocycles. The highest BCUT2D eigenvalue weighted by Gasteiger charge is 2.21. The van der Waals surface area contributed by atoms with E-state index < -0.39 is 0 Å². The lowest BCUT2D eigenvalue weighted by atomic mass is 10.1. The highest BCUT2D eigenvalue weighted by molar-refractivity contribution is 7.13. The molecule has 0 bridgehead atoms. The molecule has 1 N–H and O–H groups in total. The zero-order chi connectivity index (χ0) is 22.2. The summed E-state index contributed by atoms with van der Waals surface area (Å²) < 4.78 is 10.5. The number of benzene rings is 2. The first-order valence-electron chi connectivity index (χ1n) is 10.6. The average Bonchev–Trinajstić information content (AvgIpc) is 3.57. The highest BCUT2D eigenvalue weighted by atomic mass is 32.1. The summed E-state index contributed by atoms with van der Waals surface area (Å²) in [5.74, 6) is -0.241. The van der Waals surface area contributed by atoms with Gasteiger partial charge in [-0.05, 0) is 46.0 Å². The molecule has 1 saturated heterocycles. The molecule has 0 unspecified atom stereocenters. The van der Waals surface area contributed by atoms with Crippen LogP contribution >= 0.6 is 11.3 Å². The van der Waals surface area contributed by atoms with Crippen LogP contribution in [0, 0.1) is 0 Å². The summed E-state index contributed by atoms with van der Waals surface area (Å²) in [5.41, 5.74) is 4.69. The number of amides is 1. The van der Waals surface area contributed by atoms with Crippen LogP contribution in [0.3, 0.4) is 0 Å². The van der Waals surface area contributed by atoms with E-state index in [0.29, 0.717) is 35.5 Å². The average molecular weight is 458 g/mol. The number of aromatic nitrogens is 3. The summed E-state index contributed by atoms with van der Waals surface area (Å²) in [4.78, 5) is 21.4. The number of hydrogen-bond donors (Lipinski definition) is 1. The van der Waals surface area contributed by atoms with E-state index in [9.17, 15) is 4.79 Å². The molecule has 164 valence electrons. The van der Waals surface area contributed by atoms with E-state index in [4.69, 9.17) is 14.3 Å². The van der Waals surface area contributed by atoms with E-state index in [1.165, 1.54) is 0 Å². The van der Waals surface area contributed by atoms with E-state index in [2.05, 4.69) is 20.5 Å². The Labute approximate surface area is 192 Å². The van der Waals surface area contributed by atoms with Gasteiger partial charge >= 0.3 is 0 Å². The quantitative estimate of drug-likeness (QED) is 0.422. The van der Waals surface area contributed by atoms with Gasteiger partial charge in [-0.15, -0.1) is 11.3 Å². The van der Waals surface area contributed by atoms with Crippen molar-refractivity contribution >= 4 is 50.6 Å². The van der Waals surface area contributed by atoms with Crippen LogP contribution in [-0.4, -0.2) is 47.5 Å². The van der Waals surface area contributed by atoms with Gasteiger partial charge in [-0.2, -0.15) is 0 Å². The predicted octanol–water partition coefficient (Wildman–Crippen LogP) is 4.59. The van der Waals surface area contributed by atoms with E-state index in [-0.39, 0.29) is 5.91 Å². The van der Waals surface area contributed by atoms with Crippen LogP contribution in [0.15, 0.2) is 64.6 Å². The predicted molar refractivity (Wildman–Crippen MR) is 128 cm³/mol. The van der Waals surface area contributed by atoms with Gasteiger partial charge in [0, 0.05) is 18.5 Å². The normalized spacial score (nSPS) is 14.1. The SMILES string of the molecule is O=C(Nc1ccc(N2CCOCC2)c2nonc12)c1cc(-c2cccs2)nc2ccccc12. The first kappa shape index (κ1) is 19.8. The number of rotatable bonds is 4. The first-order chi connectivity index (χ1) is 16.3. The maximum absolute atomic E-state index is 13.5. The van der Waals surface area contributed by atoms with Crippen molar-refractivity contribution in [2.75, 3.05) is 36.5 Å². The lowest BCUT2D eigenvalue weighted by Crippen LogP contribution is -2.36. The standard InChI is InChI=1S/C24H19N5O3S/c30-24(16-14-19(21-6-3-13-33-21)25-17-5-2-1-4-15(16)17)26-18-7-8-20(23-22(18)27-32-28-23)29-9-11-31-12-10-29/h1-8,13-14H,9-12H2,(H,26,30). The molecule has 0 saturated carbocycles. The second-order valence-corrected chi connectivity index (χ2v) is 8.64. The number of carbonyl (C=O) groups is 1. The number of carbonyl (C=O) groups excluding carboxylic acids is 1. The lowest BCUT2D eigenvalue weighted by molar-refractivity contribution is 0.102.